The molecule has 0 spiro atoms. The number of nitrogens with one attached hydrogen (secondary N) is 2. The highest BCUT2D eigenvalue weighted by molar-refractivity contribution is 6.18. The van der Waals surface area contributed by atoms with Crippen molar-refractivity contribution in [3.05, 3.63) is 30.5 Å². The van der Waals surface area contributed by atoms with Gasteiger partial charge in [-0.15, -0.1) is 11.6 Å². The second kappa shape index (κ2) is 5.03. The number of rotatable bonds is 4. The van der Waals surface area contributed by atoms with E-state index in [0.717, 1.165) is 16.6 Å². The predicted molar refractivity (Wildman–Crippen MR) is 66.9 cm³/mol. The molecule has 0 saturated carbocycles. The Morgan fingerprint density at radius 1 is 1.38 bits per heavy atom. The number of carbonyl (C=O) groups excluding carboxylic acids is 1. The standard InChI is InChI=1S/C12H13ClN2O/c13-6-1-2-12(16)15-10-4-3-9-5-7-14-11(9)8-10/h3-5,7-8,14H,1-2,6H2,(H,15,16). The highest BCUT2D eigenvalue weighted by Crippen LogP contribution is 2.17. The number of halogens is 1. The number of alkyl halides is 1. The number of carbonyl (C=O) groups is 1. The first-order valence-corrected chi connectivity index (χ1v) is 5.76. The first kappa shape index (κ1) is 11.0. The van der Waals surface area contributed by atoms with E-state index < -0.39 is 0 Å². The van der Waals surface area contributed by atoms with Crippen molar-refractivity contribution in [2.45, 2.75) is 12.8 Å². The smallest absolute Gasteiger partial charge is 0.224 e. The highest BCUT2D eigenvalue weighted by Gasteiger charge is 2.02. The Hall–Kier alpha value is -1.48. The molecule has 2 N–H and O–H groups in total. The van der Waals surface area contributed by atoms with Crippen LogP contribution in [0, 0.1) is 0 Å². The van der Waals surface area contributed by atoms with E-state index in [2.05, 4.69) is 10.3 Å². The van der Waals surface area contributed by atoms with Gasteiger partial charge in [0.2, 0.25) is 5.91 Å². The summed E-state index contributed by atoms with van der Waals surface area (Å²) < 4.78 is 0. The summed E-state index contributed by atoms with van der Waals surface area (Å²) >= 11 is 5.53. The third-order valence-electron chi connectivity index (χ3n) is 2.38. The monoisotopic (exact) mass is 236 g/mol. The predicted octanol–water partition coefficient (Wildman–Crippen LogP) is 3.13. The van der Waals surface area contributed by atoms with E-state index in [-0.39, 0.29) is 5.91 Å². The number of aromatic nitrogens is 1. The lowest BCUT2D eigenvalue weighted by molar-refractivity contribution is -0.116. The molecule has 0 radical (unpaired) electrons. The van der Waals surface area contributed by atoms with Crippen LogP contribution in [0.3, 0.4) is 0 Å². The van der Waals surface area contributed by atoms with Crippen LogP contribution in [0.2, 0.25) is 0 Å². The van der Waals surface area contributed by atoms with E-state index in [1.165, 1.54) is 0 Å². The van der Waals surface area contributed by atoms with Crippen molar-refractivity contribution in [2.75, 3.05) is 11.2 Å². The Morgan fingerprint density at radius 3 is 3.06 bits per heavy atom. The molecule has 84 valence electrons. The van der Waals surface area contributed by atoms with Gasteiger partial charge in [-0.25, -0.2) is 0 Å². The van der Waals surface area contributed by atoms with Crippen LogP contribution >= 0.6 is 11.6 Å². The number of aromatic amines is 1. The molecule has 0 atom stereocenters. The van der Waals surface area contributed by atoms with Crippen LogP contribution in [0.4, 0.5) is 5.69 Å². The SMILES string of the molecule is O=C(CCCCl)Nc1ccc2cc[nH]c2c1. The summed E-state index contributed by atoms with van der Waals surface area (Å²) in [5, 5.41) is 3.98. The topological polar surface area (TPSA) is 44.9 Å². The van der Waals surface area contributed by atoms with Gasteiger partial charge in [0.05, 0.1) is 0 Å². The van der Waals surface area contributed by atoms with Crippen molar-refractivity contribution in [3.63, 3.8) is 0 Å². The summed E-state index contributed by atoms with van der Waals surface area (Å²) in [5.41, 5.74) is 1.84. The van der Waals surface area contributed by atoms with Gasteiger partial charge in [-0.3, -0.25) is 4.79 Å². The molecular formula is C12H13ClN2O. The summed E-state index contributed by atoms with van der Waals surface area (Å²) in [4.78, 5) is 14.6. The minimum atomic E-state index is 0.00607. The van der Waals surface area contributed by atoms with Crippen molar-refractivity contribution in [1.82, 2.24) is 4.98 Å². The lowest BCUT2D eigenvalue weighted by atomic mass is 10.2. The Balaban J connectivity index is 2.06. The van der Waals surface area contributed by atoms with E-state index in [1.54, 1.807) is 0 Å². The Labute approximate surface area is 98.8 Å². The molecule has 0 aliphatic heterocycles. The third kappa shape index (κ3) is 2.55. The van der Waals surface area contributed by atoms with Crippen LogP contribution in [-0.2, 0) is 4.79 Å². The summed E-state index contributed by atoms with van der Waals surface area (Å²) in [5.74, 6) is 0.523. The van der Waals surface area contributed by atoms with Crippen molar-refractivity contribution in [3.8, 4) is 0 Å². The second-order valence-electron chi connectivity index (χ2n) is 3.62. The first-order valence-electron chi connectivity index (χ1n) is 5.22. The molecule has 1 aromatic heterocycles. The van der Waals surface area contributed by atoms with Gasteiger partial charge in [0.15, 0.2) is 0 Å². The van der Waals surface area contributed by atoms with Crippen LogP contribution in [0.5, 0.6) is 0 Å². The summed E-state index contributed by atoms with van der Waals surface area (Å²) in [7, 11) is 0. The van der Waals surface area contributed by atoms with Gasteiger partial charge in [0, 0.05) is 29.7 Å². The maximum atomic E-state index is 11.5. The molecule has 0 unspecified atom stereocenters. The summed E-state index contributed by atoms with van der Waals surface area (Å²) in [6, 6.07) is 7.79. The third-order valence-corrected chi connectivity index (χ3v) is 2.64. The molecule has 2 aromatic rings. The molecule has 0 aliphatic carbocycles. The highest BCUT2D eigenvalue weighted by atomic mass is 35.5. The molecule has 0 saturated heterocycles. The minimum Gasteiger partial charge on any atom is -0.361 e. The lowest BCUT2D eigenvalue weighted by Crippen LogP contribution is -2.11. The first-order chi connectivity index (χ1) is 7.79. The molecule has 1 aromatic carbocycles. The Kier molecular flexibility index (Phi) is 3.47. The molecule has 3 nitrogen and oxygen atoms in total. The van der Waals surface area contributed by atoms with Gasteiger partial charge in [0.1, 0.15) is 0 Å². The normalized spacial score (nSPS) is 10.6. The average Bonchev–Trinajstić information content (AvgIpc) is 2.73. The number of amides is 1. The lowest BCUT2D eigenvalue weighted by Gasteiger charge is -2.04. The Bertz CT molecular complexity index is 492. The molecule has 16 heavy (non-hydrogen) atoms. The van der Waals surface area contributed by atoms with Crippen LogP contribution in [0.25, 0.3) is 10.9 Å². The molecule has 1 heterocycles. The van der Waals surface area contributed by atoms with Gasteiger partial charge in [0.25, 0.3) is 0 Å². The molecule has 1 amide bonds. The maximum absolute atomic E-state index is 11.5. The van der Waals surface area contributed by atoms with Gasteiger partial charge in [-0.05, 0) is 30.0 Å². The van der Waals surface area contributed by atoms with Crippen LogP contribution in [-0.4, -0.2) is 16.8 Å². The number of anilines is 1. The quantitative estimate of drug-likeness (QED) is 0.788. The van der Waals surface area contributed by atoms with Crippen molar-refractivity contribution in [2.24, 2.45) is 0 Å². The molecule has 4 heteroatoms. The van der Waals surface area contributed by atoms with Gasteiger partial charge in [-0.2, -0.15) is 0 Å². The fraction of sp³-hybridized carbons (Fsp3) is 0.250. The van der Waals surface area contributed by atoms with E-state index in [0.29, 0.717) is 18.7 Å². The van der Waals surface area contributed by atoms with Gasteiger partial charge in [-0.1, -0.05) is 6.07 Å². The largest absolute Gasteiger partial charge is 0.361 e. The average molecular weight is 237 g/mol. The second-order valence-corrected chi connectivity index (χ2v) is 4.00. The van der Waals surface area contributed by atoms with E-state index in [4.69, 9.17) is 11.6 Å². The summed E-state index contributed by atoms with van der Waals surface area (Å²) in [6.45, 7) is 0. The number of benzene rings is 1. The van der Waals surface area contributed by atoms with Crippen LogP contribution in [0.1, 0.15) is 12.8 Å². The fourth-order valence-corrected chi connectivity index (χ4v) is 1.71. The number of fused-ring (bicyclic) bond motifs is 1. The fourth-order valence-electron chi connectivity index (χ4n) is 1.58. The van der Waals surface area contributed by atoms with Crippen molar-refractivity contribution in [1.29, 1.82) is 0 Å². The van der Waals surface area contributed by atoms with E-state index >= 15 is 0 Å². The maximum Gasteiger partial charge on any atom is 0.224 e. The zero-order valence-electron chi connectivity index (χ0n) is 8.79. The van der Waals surface area contributed by atoms with E-state index in [1.807, 2.05) is 30.5 Å². The molecular weight excluding hydrogens is 224 g/mol. The van der Waals surface area contributed by atoms with Crippen LogP contribution in [0.15, 0.2) is 30.5 Å². The molecule has 2 rings (SSSR count). The number of H-pyrrole nitrogens is 1. The van der Waals surface area contributed by atoms with Crippen molar-refractivity contribution >= 4 is 34.1 Å². The van der Waals surface area contributed by atoms with E-state index in [9.17, 15) is 4.79 Å². The minimum absolute atomic E-state index is 0.00607. The summed E-state index contributed by atoms with van der Waals surface area (Å²) in [6.07, 6.45) is 3.05. The van der Waals surface area contributed by atoms with Gasteiger partial charge >= 0.3 is 0 Å². The van der Waals surface area contributed by atoms with Crippen LogP contribution < -0.4 is 5.32 Å². The molecule has 0 bridgehead atoms. The molecule has 0 fully saturated rings. The van der Waals surface area contributed by atoms with Crippen molar-refractivity contribution < 1.29 is 4.79 Å². The zero-order valence-corrected chi connectivity index (χ0v) is 9.55. The Morgan fingerprint density at radius 2 is 2.25 bits per heavy atom. The number of hydrogen-bond donors (Lipinski definition) is 2. The number of hydrogen-bond acceptors (Lipinski definition) is 1. The zero-order chi connectivity index (χ0) is 11.4. The van der Waals surface area contributed by atoms with Gasteiger partial charge < -0.3 is 10.3 Å². The molecule has 0 aliphatic rings.